The summed E-state index contributed by atoms with van der Waals surface area (Å²) in [6, 6.07) is 3.52. The van der Waals surface area contributed by atoms with Gasteiger partial charge in [0.1, 0.15) is 0 Å². The number of rotatable bonds is 2. The van der Waals surface area contributed by atoms with Gasteiger partial charge in [0.2, 0.25) is 0 Å². The molecule has 1 aromatic heterocycles. The molecule has 0 spiro atoms. The highest BCUT2D eigenvalue weighted by Gasteiger charge is 2.52. The number of H-pyrrole nitrogens is 1. The van der Waals surface area contributed by atoms with E-state index >= 15 is 0 Å². The Hall–Kier alpha value is -1.47. The second kappa shape index (κ2) is 4.03. The van der Waals surface area contributed by atoms with Gasteiger partial charge in [-0.3, -0.25) is 0 Å². The molecule has 4 N–H and O–H groups in total. The highest BCUT2D eigenvalue weighted by atomic mass is 16.7. The summed E-state index contributed by atoms with van der Waals surface area (Å²) in [5, 5.41) is 11.5. The summed E-state index contributed by atoms with van der Waals surface area (Å²) in [6.45, 7) is 7.95. The van der Waals surface area contributed by atoms with Gasteiger partial charge in [0.15, 0.2) is 5.84 Å². The lowest BCUT2D eigenvalue weighted by Crippen LogP contribution is -2.41. The van der Waals surface area contributed by atoms with Gasteiger partial charge in [-0.05, 0) is 39.8 Å². The minimum absolute atomic E-state index is 0.0257. The van der Waals surface area contributed by atoms with Gasteiger partial charge in [0, 0.05) is 5.59 Å². The molecule has 6 nitrogen and oxygen atoms in total. The van der Waals surface area contributed by atoms with Crippen LogP contribution in [0.1, 0.15) is 33.4 Å². The first-order valence-electron chi connectivity index (χ1n) is 5.79. The van der Waals surface area contributed by atoms with Gasteiger partial charge >= 0.3 is 7.12 Å². The topological polar surface area (TPSA) is 92.9 Å². The van der Waals surface area contributed by atoms with Gasteiger partial charge in [0.25, 0.3) is 0 Å². The molecule has 7 heteroatoms. The van der Waals surface area contributed by atoms with Crippen molar-refractivity contribution < 1.29 is 14.5 Å². The summed E-state index contributed by atoms with van der Waals surface area (Å²) in [7, 11) is -0.477. The minimum atomic E-state index is -0.477. The summed E-state index contributed by atoms with van der Waals surface area (Å²) in [4.78, 5) is 3.02. The molecule has 1 fully saturated rings. The molecule has 2 rings (SSSR count). The molecule has 0 saturated carbocycles. The normalized spacial score (nSPS) is 22.4. The quantitative estimate of drug-likeness (QED) is 0.233. The van der Waals surface area contributed by atoms with Crippen molar-refractivity contribution in [1.82, 2.24) is 4.98 Å². The second-order valence-electron chi connectivity index (χ2n) is 5.40. The third kappa shape index (κ3) is 1.99. The van der Waals surface area contributed by atoms with E-state index in [-0.39, 0.29) is 17.0 Å². The van der Waals surface area contributed by atoms with Crippen LogP contribution in [0, 0.1) is 0 Å². The van der Waals surface area contributed by atoms with E-state index in [9.17, 15) is 0 Å². The molecule has 2 heterocycles. The molecule has 0 aliphatic carbocycles. The molecule has 1 saturated heterocycles. The van der Waals surface area contributed by atoms with Crippen LogP contribution in [0.5, 0.6) is 0 Å². The van der Waals surface area contributed by atoms with Crippen LogP contribution in [0.2, 0.25) is 0 Å². The number of aromatic nitrogens is 1. The Morgan fingerprint density at radius 3 is 2.33 bits per heavy atom. The fraction of sp³-hybridized carbons (Fsp3) is 0.545. The third-order valence-electron chi connectivity index (χ3n) is 3.60. The summed E-state index contributed by atoms with van der Waals surface area (Å²) in [5.41, 5.74) is 6.00. The molecule has 98 valence electrons. The summed E-state index contributed by atoms with van der Waals surface area (Å²) >= 11 is 0. The average molecular weight is 251 g/mol. The maximum Gasteiger partial charge on any atom is 0.512 e. The lowest BCUT2D eigenvalue weighted by Gasteiger charge is -2.32. The molecule has 18 heavy (non-hydrogen) atoms. The highest BCUT2D eigenvalue weighted by Crippen LogP contribution is 2.36. The van der Waals surface area contributed by atoms with Crippen molar-refractivity contribution in [1.29, 1.82) is 0 Å². The lowest BCUT2D eigenvalue weighted by atomic mass is 9.85. The van der Waals surface area contributed by atoms with E-state index in [0.29, 0.717) is 5.69 Å². The first-order valence-corrected chi connectivity index (χ1v) is 5.79. The molecular formula is C11H18BN3O3. The fourth-order valence-electron chi connectivity index (χ4n) is 1.72. The molecule has 1 aliphatic heterocycles. The van der Waals surface area contributed by atoms with Crippen molar-refractivity contribution in [3.63, 3.8) is 0 Å². The van der Waals surface area contributed by atoms with E-state index < -0.39 is 7.12 Å². The number of nitrogens with zero attached hydrogens (tertiary/aromatic N) is 1. The number of hydrogen-bond acceptors (Lipinski definition) is 4. The Kier molecular flexibility index (Phi) is 2.91. The predicted octanol–water partition coefficient (Wildman–Crippen LogP) is 0.408. The van der Waals surface area contributed by atoms with Crippen molar-refractivity contribution in [3.05, 3.63) is 17.8 Å². The summed E-state index contributed by atoms with van der Waals surface area (Å²) in [6.07, 6.45) is 0. The van der Waals surface area contributed by atoms with Gasteiger partial charge in [-0.2, -0.15) is 0 Å². The SMILES string of the molecule is CC1(C)OB(c2ccc(/C(N)=N/O)[nH]2)OC1(C)C. The van der Waals surface area contributed by atoms with Gasteiger partial charge in [0.05, 0.1) is 16.9 Å². The van der Waals surface area contributed by atoms with E-state index in [2.05, 4.69) is 10.1 Å². The van der Waals surface area contributed by atoms with Crippen LogP contribution in [-0.4, -0.2) is 34.3 Å². The standard InChI is InChI=1S/C11H18BN3O3/c1-10(2)11(3,4)18-12(17-10)8-6-5-7(14-8)9(13)15-16/h5-6,14,16H,1-4H3,(H2,13,15). The number of aromatic amines is 1. The molecule has 0 radical (unpaired) electrons. The minimum Gasteiger partial charge on any atom is -0.409 e. The second-order valence-corrected chi connectivity index (χ2v) is 5.40. The van der Waals surface area contributed by atoms with Crippen LogP contribution in [-0.2, 0) is 9.31 Å². The molecule has 0 unspecified atom stereocenters. The first kappa shape index (κ1) is 13.0. The van der Waals surface area contributed by atoms with Gasteiger partial charge in [-0.25, -0.2) is 0 Å². The number of hydrogen-bond donors (Lipinski definition) is 3. The number of oxime groups is 1. The maximum absolute atomic E-state index is 8.61. The Morgan fingerprint density at radius 1 is 1.28 bits per heavy atom. The van der Waals surface area contributed by atoms with Crippen LogP contribution in [0.4, 0.5) is 0 Å². The first-order chi connectivity index (χ1) is 8.27. The fourth-order valence-corrected chi connectivity index (χ4v) is 1.72. The Balaban J connectivity index is 2.23. The zero-order chi connectivity index (χ0) is 13.6. The van der Waals surface area contributed by atoms with Crippen molar-refractivity contribution in [2.45, 2.75) is 38.9 Å². The molecule has 1 aromatic rings. The van der Waals surface area contributed by atoms with Crippen LogP contribution in [0.25, 0.3) is 0 Å². The van der Waals surface area contributed by atoms with Crippen LogP contribution in [0.15, 0.2) is 17.3 Å². The highest BCUT2D eigenvalue weighted by molar-refractivity contribution is 6.61. The Bertz CT molecular complexity index is 466. The van der Waals surface area contributed by atoms with Crippen LogP contribution >= 0.6 is 0 Å². The maximum atomic E-state index is 8.61. The molecule has 0 bridgehead atoms. The average Bonchev–Trinajstić information content (AvgIpc) is 2.82. The van der Waals surface area contributed by atoms with Crippen molar-refractivity contribution >= 4 is 18.5 Å². The molecule has 1 aliphatic rings. The summed E-state index contributed by atoms with van der Waals surface area (Å²) < 4.78 is 11.8. The van der Waals surface area contributed by atoms with Crippen molar-refractivity contribution in [3.8, 4) is 0 Å². The Labute approximate surface area is 106 Å². The zero-order valence-corrected chi connectivity index (χ0v) is 11.0. The van der Waals surface area contributed by atoms with Gasteiger partial charge in [-0.1, -0.05) is 5.16 Å². The van der Waals surface area contributed by atoms with E-state index in [1.807, 2.05) is 27.7 Å². The van der Waals surface area contributed by atoms with Crippen LogP contribution < -0.4 is 11.3 Å². The van der Waals surface area contributed by atoms with Crippen molar-refractivity contribution in [2.24, 2.45) is 10.9 Å². The predicted molar refractivity (Wildman–Crippen MR) is 69.0 cm³/mol. The Morgan fingerprint density at radius 2 is 1.83 bits per heavy atom. The smallest absolute Gasteiger partial charge is 0.409 e. The molecule has 0 amide bonds. The molecular weight excluding hydrogens is 233 g/mol. The largest absolute Gasteiger partial charge is 0.512 e. The van der Waals surface area contributed by atoms with E-state index in [1.54, 1.807) is 12.1 Å². The van der Waals surface area contributed by atoms with E-state index in [0.717, 1.165) is 5.59 Å². The number of amidine groups is 1. The monoisotopic (exact) mass is 251 g/mol. The van der Waals surface area contributed by atoms with Gasteiger partial charge in [-0.15, -0.1) is 0 Å². The van der Waals surface area contributed by atoms with Gasteiger partial charge < -0.3 is 25.2 Å². The van der Waals surface area contributed by atoms with Crippen molar-refractivity contribution in [2.75, 3.05) is 0 Å². The number of nitrogens with two attached hydrogens (primary N) is 1. The molecule has 0 atom stereocenters. The van der Waals surface area contributed by atoms with E-state index in [1.165, 1.54) is 0 Å². The zero-order valence-electron chi connectivity index (χ0n) is 11.0. The third-order valence-corrected chi connectivity index (χ3v) is 3.60. The van der Waals surface area contributed by atoms with Crippen LogP contribution in [0.3, 0.4) is 0 Å². The number of nitrogens with one attached hydrogen (secondary N) is 1. The lowest BCUT2D eigenvalue weighted by molar-refractivity contribution is 0.00578. The molecule has 0 aromatic carbocycles. The summed E-state index contributed by atoms with van der Waals surface area (Å²) in [5.74, 6) is 0.0257. The van der Waals surface area contributed by atoms with E-state index in [4.69, 9.17) is 20.2 Å².